The molecule has 3 aromatic carbocycles. The second kappa shape index (κ2) is 11.0. The maximum absolute atomic E-state index is 14.0. The Morgan fingerprint density at radius 1 is 0.941 bits per heavy atom. The Bertz CT molecular complexity index is 1230. The third-order valence-corrected chi connectivity index (χ3v) is 6.39. The molecule has 0 unspecified atom stereocenters. The first-order valence-corrected chi connectivity index (χ1v) is 11.8. The fraction of sp³-hybridized carbons (Fsp3) is 0.120. The second-order valence-corrected chi connectivity index (χ2v) is 9.03. The van der Waals surface area contributed by atoms with Crippen LogP contribution in [0.3, 0.4) is 0 Å². The minimum atomic E-state index is -0.447. The second-order valence-electron chi connectivity index (χ2n) is 7.20. The van der Waals surface area contributed by atoms with E-state index in [4.69, 9.17) is 32.7 Å². The summed E-state index contributed by atoms with van der Waals surface area (Å²) < 4.78 is 25.2. The number of carbonyl (C=O) groups is 2. The molecule has 1 saturated heterocycles. The van der Waals surface area contributed by atoms with Crippen LogP contribution in [-0.2, 0) is 11.4 Å². The molecule has 34 heavy (non-hydrogen) atoms. The smallest absolute Gasteiger partial charge is 0.293 e. The van der Waals surface area contributed by atoms with E-state index in [1.807, 2.05) is 0 Å². The largest absolute Gasteiger partial charge is 0.492 e. The molecule has 0 aromatic heterocycles. The van der Waals surface area contributed by atoms with Gasteiger partial charge in [-0.05, 0) is 71.9 Å². The molecule has 0 spiro atoms. The number of benzene rings is 3. The van der Waals surface area contributed by atoms with Crippen molar-refractivity contribution in [3.05, 3.63) is 98.6 Å². The van der Waals surface area contributed by atoms with Crippen LogP contribution in [0.1, 0.15) is 11.1 Å². The molecule has 0 N–H and O–H groups in total. The van der Waals surface area contributed by atoms with Gasteiger partial charge in [0.05, 0.1) is 16.5 Å². The fourth-order valence-electron chi connectivity index (χ4n) is 3.15. The van der Waals surface area contributed by atoms with Crippen LogP contribution in [-0.4, -0.2) is 29.2 Å². The molecule has 0 atom stereocenters. The topological polar surface area (TPSA) is 55.8 Å². The molecule has 2 amide bonds. The molecule has 0 aliphatic carbocycles. The summed E-state index contributed by atoms with van der Waals surface area (Å²) in [7, 11) is 0. The zero-order valence-corrected chi connectivity index (χ0v) is 20.0. The summed E-state index contributed by atoms with van der Waals surface area (Å²) in [5, 5.41) is 0.511. The van der Waals surface area contributed by atoms with E-state index in [1.54, 1.807) is 60.7 Å². The van der Waals surface area contributed by atoms with Gasteiger partial charge in [0, 0.05) is 10.6 Å². The lowest BCUT2D eigenvalue weighted by molar-refractivity contribution is -0.123. The Morgan fingerprint density at radius 3 is 2.47 bits per heavy atom. The number of hydrogen-bond donors (Lipinski definition) is 0. The minimum Gasteiger partial charge on any atom is -0.492 e. The van der Waals surface area contributed by atoms with Crippen molar-refractivity contribution in [2.45, 2.75) is 6.61 Å². The fourth-order valence-corrected chi connectivity index (χ4v) is 4.36. The van der Waals surface area contributed by atoms with Crippen molar-refractivity contribution in [3.63, 3.8) is 0 Å². The zero-order valence-electron chi connectivity index (χ0n) is 17.7. The number of rotatable bonds is 8. The van der Waals surface area contributed by atoms with Crippen LogP contribution in [0.2, 0.25) is 10.0 Å². The van der Waals surface area contributed by atoms with Crippen molar-refractivity contribution >= 4 is 52.2 Å². The van der Waals surface area contributed by atoms with Gasteiger partial charge in [0.25, 0.3) is 11.1 Å². The molecule has 0 radical (unpaired) electrons. The number of nitrogens with zero attached hydrogens (tertiary/aromatic N) is 1. The quantitative estimate of drug-likeness (QED) is 0.306. The Hall–Kier alpha value is -3.00. The predicted octanol–water partition coefficient (Wildman–Crippen LogP) is 6.83. The van der Waals surface area contributed by atoms with Crippen molar-refractivity contribution in [3.8, 4) is 11.5 Å². The normalized spacial score (nSPS) is 14.7. The lowest BCUT2D eigenvalue weighted by Gasteiger charge is -2.13. The maximum Gasteiger partial charge on any atom is 0.293 e. The molecule has 1 aliphatic rings. The lowest BCUT2D eigenvalue weighted by atomic mass is 10.2. The first-order chi connectivity index (χ1) is 16.4. The van der Waals surface area contributed by atoms with Gasteiger partial charge in [-0.2, -0.15) is 0 Å². The van der Waals surface area contributed by atoms with Gasteiger partial charge in [0.15, 0.2) is 0 Å². The number of carbonyl (C=O) groups excluding carboxylic acids is 2. The van der Waals surface area contributed by atoms with Crippen LogP contribution < -0.4 is 9.47 Å². The van der Waals surface area contributed by atoms with E-state index in [0.29, 0.717) is 27.0 Å². The van der Waals surface area contributed by atoms with Crippen LogP contribution in [0.4, 0.5) is 9.18 Å². The zero-order chi connectivity index (χ0) is 24.1. The number of thioether (sulfide) groups is 1. The van der Waals surface area contributed by atoms with Gasteiger partial charge in [-0.25, -0.2) is 4.39 Å². The molecule has 5 nitrogen and oxygen atoms in total. The first-order valence-electron chi connectivity index (χ1n) is 10.2. The van der Waals surface area contributed by atoms with E-state index < -0.39 is 5.82 Å². The number of ether oxygens (including phenoxy) is 2. The van der Waals surface area contributed by atoms with E-state index in [1.165, 1.54) is 12.1 Å². The summed E-state index contributed by atoms with van der Waals surface area (Å²) in [5.74, 6) is 0.237. The number of hydrogen-bond acceptors (Lipinski definition) is 5. The van der Waals surface area contributed by atoms with Gasteiger partial charge in [-0.1, -0.05) is 41.4 Å². The predicted molar refractivity (Wildman–Crippen MR) is 132 cm³/mol. The van der Waals surface area contributed by atoms with E-state index in [9.17, 15) is 14.0 Å². The summed E-state index contributed by atoms with van der Waals surface area (Å²) in [6, 6.07) is 18.2. The highest BCUT2D eigenvalue weighted by atomic mass is 35.5. The lowest BCUT2D eigenvalue weighted by Crippen LogP contribution is -2.32. The van der Waals surface area contributed by atoms with Crippen molar-refractivity contribution in [1.82, 2.24) is 4.90 Å². The van der Waals surface area contributed by atoms with Crippen molar-refractivity contribution in [2.24, 2.45) is 0 Å². The minimum absolute atomic E-state index is 0.0426. The third kappa shape index (κ3) is 5.91. The van der Waals surface area contributed by atoms with Gasteiger partial charge in [-0.15, -0.1) is 0 Å². The average Bonchev–Trinajstić information content (AvgIpc) is 3.07. The summed E-state index contributed by atoms with van der Waals surface area (Å²) in [6.07, 6.45) is 1.62. The van der Waals surface area contributed by atoms with Crippen molar-refractivity contribution < 1.29 is 23.5 Å². The van der Waals surface area contributed by atoms with Crippen LogP contribution in [0, 0.1) is 5.82 Å². The van der Waals surface area contributed by atoms with E-state index in [0.717, 1.165) is 16.7 Å². The molecule has 3 aromatic rings. The Kier molecular flexibility index (Phi) is 7.77. The standard InChI is InChI=1S/C25H18Cl2FNO4S/c26-17-7-9-18(10-8-17)32-12-11-29-24(30)23(34-25(29)31)14-16-3-1-4-19(13-16)33-15-20-21(27)5-2-6-22(20)28/h1-10,13-14H,11-12,15H2/b23-14-. The maximum atomic E-state index is 14.0. The molecule has 1 fully saturated rings. The molecule has 4 rings (SSSR count). The molecule has 1 aliphatic heterocycles. The van der Waals surface area contributed by atoms with Crippen molar-refractivity contribution in [1.29, 1.82) is 0 Å². The number of amides is 2. The monoisotopic (exact) mass is 517 g/mol. The highest BCUT2D eigenvalue weighted by Crippen LogP contribution is 2.32. The molecule has 0 bridgehead atoms. The van der Waals surface area contributed by atoms with E-state index in [-0.39, 0.29) is 41.5 Å². The van der Waals surface area contributed by atoms with Gasteiger partial charge in [0.1, 0.15) is 30.5 Å². The molecule has 174 valence electrons. The van der Waals surface area contributed by atoms with Crippen LogP contribution >= 0.6 is 35.0 Å². The van der Waals surface area contributed by atoms with E-state index >= 15 is 0 Å². The summed E-state index contributed by atoms with van der Waals surface area (Å²) >= 11 is 12.8. The molecular weight excluding hydrogens is 500 g/mol. The summed E-state index contributed by atoms with van der Waals surface area (Å²) in [6.45, 7) is 0.241. The molecule has 1 heterocycles. The van der Waals surface area contributed by atoms with Gasteiger partial charge in [-0.3, -0.25) is 14.5 Å². The number of imide groups is 1. The SMILES string of the molecule is O=C1S/C(=C\c2cccc(OCc3c(F)cccc3Cl)c2)C(=O)N1CCOc1ccc(Cl)cc1. The van der Waals surface area contributed by atoms with Gasteiger partial charge in [0.2, 0.25) is 0 Å². The van der Waals surface area contributed by atoms with Crippen LogP contribution in [0.15, 0.2) is 71.6 Å². The van der Waals surface area contributed by atoms with Gasteiger partial charge < -0.3 is 9.47 Å². The van der Waals surface area contributed by atoms with Gasteiger partial charge >= 0.3 is 0 Å². The van der Waals surface area contributed by atoms with Crippen LogP contribution in [0.25, 0.3) is 6.08 Å². The molecule has 0 saturated carbocycles. The average molecular weight is 518 g/mol. The molecular formula is C25H18Cl2FNO4S. The highest BCUT2D eigenvalue weighted by Gasteiger charge is 2.34. The molecule has 9 heteroatoms. The first kappa shape index (κ1) is 24.1. The van der Waals surface area contributed by atoms with Crippen molar-refractivity contribution in [2.75, 3.05) is 13.2 Å². The Labute approximate surface area is 210 Å². The number of halogens is 3. The third-order valence-electron chi connectivity index (χ3n) is 4.87. The Balaban J connectivity index is 1.38. The Morgan fingerprint density at radius 2 is 1.71 bits per heavy atom. The summed E-state index contributed by atoms with van der Waals surface area (Å²) in [4.78, 5) is 26.5. The van der Waals surface area contributed by atoms with E-state index in [2.05, 4.69) is 0 Å². The summed E-state index contributed by atoms with van der Waals surface area (Å²) in [5.41, 5.74) is 0.927. The van der Waals surface area contributed by atoms with Crippen LogP contribution in [0.5, 0.6) is 11.5 Å². The highest BCUT2D eigenvalue weighted by molar-refractivity contribution is 8.18.